The molecule has 0 amide bonds. The largest absolute Gasteiger partial charge is 0.456 e. The van der Waals surface area contributed by atoms with Crippen LogP contribution in [0.4, 0.5) is 45.5 Å². The van der Waals surface area contributed by atoms with E-state index >= 15 is 0 Å². The van der Waals surface area contributed by atoms with Crippen LogP contribution in [0.1, 0.15) is 103 Å². The monoisotopic (exact) mass is 835 g/mol. The van der Waals surface area contributed by atoms with Crippen molar-refractivity contribution in [3.8, 4) is 0 Å². The average molecular weight is 836 g/mol. The highest BCUT2D eigenvalue weighted by Crippen LogP contribution is 2.61. The zero-order valence-electron chi connectivity index (χ0n) is 38.9. The second-order valence-electron chi connectivity index (χ2n) is 21.8. The van der Waals surface area contributed by atoms with Crippen LogP contribution in [-0.2, 0) is 16.2 Å². The van der Waals surface area contributed by atoms with Crippen molar-refractivity contribution in [2.24, 2.45) is 0 Å². The summed E-state index contributed by atoms with van der Waals surface area (Å²) in [7, 11) is 0. The molecule has 0 spiro atoms. The summed E-state index contributed by atoms with van der Waals surface area (Å²) in [5.74, 6) is 0. The van der Waals surface area contributed by atoms with Crippen molar-refractivity contribution < 1.29 is 4.42 Å². The molecule has 4 nitrogen and oxygen atoms in total. The molecule has 4 aliphatic rings. The number of benzene rings is 7. The molecule has 2 unspecified atom stereocenters. The highest BCUT2D eigenvalue weighted by Gasteiger charge is 2.57. The van der Waals surface area contributed by atoms with Crippen LogP contribution < -0.4 is 31.1 Å². The molecule has 12 rings (SSSR count). The van der Waals surface area contributed by atoms with Gasteiger partial charge in [0.05, 0.1) is 5.54 Å². The Hall–Kier alpha value is -6.20. The van der Waals surface area contributed by atoms with Gasteiger partial charge in [-0.15, -0.1) is 0 Å². The Morgan fingerprint density at radius 1 is 0.516 bits per heavy atom. The molecule has 1 fully saturated rings. The van der Waals surface area contributed by atoms with Crippen LogP contribution in [0.3, 0.4) is 0 Å². The predicted molar refractivity (Wildman–Crippen MR) is 273 cm³/mol. The van der Waals surface area contributed by atoms with E-state index in [2.05, 4.69) is 217 Å². The number of hydrogen-bond acceptors (Lipinski definition) is 4. The molecule has 1 aromatic heterocycles. The fourth-order valence-electron chi connectivity index (χ4n) is 12.3. The van der Waals surface area contributed by atoms with Gasteiger partial charge in [-0.05, 0) is 149 Å². The van der Waals surface area contributed by atoms with Crippen LogP contribution in [0.15, 0.2) is 144 Å². The fraction of sp³-hybridized carbons (Fsp3) is 0.288. The van der Waals surface area contributed by atoms with E-state index in [0.717, 1.165) is 27.6 Å². The summed E-state index contributed by atoms with van der Waals surface area (Å²) in [5, 5.41) is 2.27. The first-order valence-corrected chi connectivity index (χ1v) is 23.6. The SMILES string of the molecule is Cc1cc2c3c(c1)N(c1ccc(C(C)(C)C)cc1)c1cc(N4c5ccccc5C5(C)CCCCC45C)ccc1B3c1cc(C(C)(C)C)ccc1N2c1ccc2oc3ccccc3c2c1. The van der Waals surface area contributed by atoms with Crippen LogP contribution in [0, 0.1) is 6.92 Å². The quantitative estimate of drug-likeness (QED) is 0.165. The zero-order valence-corrected chi connectivity index (χ0v) is 38.9. The average Bonchev–Trinajstić information content (AvgIpc) is 3.74. The van der Waals surface area contributed by atoms with Gasteiger partial charge in [0.25, 0.3) is 6.71 Å². The maximum absolute atomic E-state index is 6.38. The van der Waals surface area contributed by atoms with Gasteiger partial charge in [0, 0.05) is 61.7 Å². The molecule has 318 valence electrons. The van der Waals surface area contributed by atoms with Crippen LogP contribution in [0.5, 0.6) is 0 Å². The Labute approximate surface area is 379 Å². The van der Waals surface area contributed by atoms with Gasteiger partial charge in [0.2, 0.25) is 0 Å². The Morgan fingerprint density at radius 2 is 1.16 bits per heavy atom. The molecule has 5 heteroatoms. The van der Waals surface area contributed by atoms with Gasteiger partial charge in [-0.3, -0.25) is 0 Å². The predicted octanol–water partition coefficient (Wildman–Crippen LogP) is 14.3. The highest BCUT2D eigenvalue weighted by atomic mass is 16.3. The lowest BCUT2D eigenvalue weighted by atomic mass is 9.33. The number of nitrogens with zero attached hydrogens (tertiary/aromatic N) is 3. The number of hydrogen-bond donors (Lipinski definition) is 0. The first kappa shape index (κ1) is 39.4. The molecule has 64 heavy (non-hydrogen) atoms. The van der Waals surface area contributed by atoms with Gasteiger partial charge < -0.3 is 19.1 Å². The van der Waals surface area contributed by atoms with Gasteiger partial charge in [-0.1, -0.05) is 128 Å². The van der Waals surface area contributed by atoms with Crippen molar-refractivity contribution in [2.45, 2.75) is 110 Å². The van der Waals surface area contributed by atoms with E-state index in [9.17, 15) is 0 Å². The number of anilines is 8. The Bertz CT molecular complexity index is 3220. The topological polar surface area (TPSA) is 22.9 Å². The van der Waals surface area contributed by atoms with Crippen LogP contribution in [-0.4, -0.2) is 12.3 Å². The van der Waals surface area contributed by atoms with Crippen molar-refractivity contribution in [1.29, 1.82) is 0 Å². The first-order chi connectivity index (χ1) is 30.6. The number of fused-ring (bicyclic) bond motifs is 10. The van der Waals surface area contributed by atoms with E-state index in [1.165, 1.54) is 104 Å². The Balaban J connectivity index is 1.14. The number of rotatable bonds is 3. The third-order valence-electron chi connectivity index (χ3n) is 15.9. The molecule has 4 heterocycles. The third-order valence-corrected chi connectivity index (χ3v) is 15.9. The van der Waals surface area contributed by atoms with E-state index in [1.54, 1.807) is 0 Å². The normalized spacial score (nSPS) is 20.0. The molecule has 0 saturated heterocycles. The molecule has 2 atom stereocenters. The molecule has 3 aliphatic heterocycles. The van der Waals surface area contributed by atoms with E-state index in [0.29, 0.717) is 0 Å². The van der Waals surface area contributed by atoms with Crippen molar-refractivity contribution >= 4 is 90.5 Å². The summed E-state index contributed by atoms with van der Waals surface area (Å²) in [6, 6.07) is 53.5. The van der Waals surface area contributed by atoms with Gasteiger partial charge in [-0.25, -0.2) is 0 Å². The van der Waals surface area contributed by atoms with Gasteiger partial charge in [0.15, 0.2) is 0 Å². The molecular weight excluding hydrogens is 777 g/mol. The zero-order chi connectivity index (χ0) is 44.1. The second kappa shape index (κ2) is 13.4. The highest BCUT2D eigenvalue weighted by molar-refractivity contribution is 7.00. The van der Waals surface area contributed by atoms with Crippen molar-refractivity contribution in [2.75, 3.05) is 14.7 Å². The second-order valence-corrected chi connectivity index (χ2v) is 21.8. The maximum atomic E-state index is 6.38. The summed E-state index contributed by atoms with van der Waals surface area (Å²) in [5.41, 5.74) is 21.2. The summed E-state index contributed by atoms with van der Waals surface area (Å²) < 4.78 is 6.38. The molecule has 7 aromatic carbocycles. The molecule has 0 bridgehead atoms. The van der Waals surface area contributed by atoms with Crippen LogP contribution >= 0.6 is 0 Å². The van der Waals surface area contributed by atoms with E-state index in [-0.39, 0.29) is 28.5 Å². The Morgan fingerprint density at radius 3 is 1.92 bits per heavy atom. The summed E-state index contributed by atoms with van der Waals surface area (Å²) in [6.07, 6.45) is 4.90. The first-order valence-electron chi connectivity index (χ1n) is 23.6. The standard InChI is InChI=1S/C59H58BN3O/c1-37-32-51-55-52(33-37)62(41-26-29-54-44(35-41)43-16-10-13-19-53(43)64-54)49-28-22-39(57(5,6)7)34-47(49)60(55)46-27-25-42(36-50(46)61(51)40-23-20-38(21-24-40)56(2,3)4)63-48-18-12-11-17-45(48)58(8)30-14-15-31-59(58,63)9/h10-13,16-29,32-36H,14-15,30-31H2,1-9H3. The van der Waals surface area contributed by atoms with Gasteiger partial charge in [0.1, 0.15) is 11.2 Å². The van der Waals surface area contributed by atoms with E-state index < -0.39 is 0 Å². The molecule has 0 N–H and O–H groups in total. The number of aryl methyl sites for hydroxylation is 1. The van der Waals surface area contributed by atoms with Crippen LogP contribution in [0.25, 0.3) is 21.9 Å². The smallest absolute Gasteiger partial charge is 0.252 e. The molecule has 1 saturated carbocycles. The molecule has 1 aliphatic carbocycles. The lowest BCUT2D eigenvalue weighted by Gasteiger charge is -2.50. The number of para-hydroxylation sites is 2. The number of furan rings is 1. The summed E-state index contributed by atoms with van der Waals surface area (Å²) in [4.78, 5) is 7.88. The minimum absolute atomic E-state index is 0.0215. The van der Waals surface area contributed by atoms with E-state index in [4.69, 9.17) is 4.42 Å². The summed E-state index contributed by atoms with van der Waals surface area (Å²) >= 11 is 0. The van der Waals surface area contributed by atoms with Gasteiger partial charge >= 0.3 is 0 Å². The lowest BCUT2D eigenvalue weighted by molar-refractivity contribution is 0.195. The maximum Gasteiger partial charge on any atom is 0.252 e. The van der Waals surface area contributed by atoms with Crippen molar-refractivity contribution in [3.63, 3.8) is 0 Å². The fourth-order valence-corrected chi connectivity index (χ4v) is 12.3. The molecule has 8 aromatic rings. The molecular formula is C59H58BN3O. The summed E-state index contributed by atoms with van der Waals surface area (Å²) in [6.45, 7) is 21.3. The lowest BCUT2D eigenvalue weighted by Crippen LogP contribution is -2.61. The van der Waals surface area contributed by atoms with Crippen molar-refractivity contribution in [3.05, 3.63) is 162 Å². The minimum atomic E-state index is -0.0420. The van der Waals surface area contributed by atoms with E-state index in [1.807, 2.05) is 0 Å². The third kappa shape index (κ3) is 5.49. The Kier molecular flexibility index (Phi) is 8.26. The van der Waals surface area contributed by atoms with Crippen molar-refractivity contribution in [1.82, 2.24) is 0 Å². The van der Waals surface area contributed by atoms with Crippen LogP contribution in [0.2, 0.25) is 0 Å². The minimum Gasteiger partial charge on any atom is -0.456 e. The molecule has 0 radical (unpaired) electrons. The van der Waals surface area contributed by atoms with Gasteiger partial charge in [-0.2, -0.15) is 0 Å².